The lowest BCUT2D eigenvalue weighted by Crippen LogP contribution is -2.25. The Morgan fingerprint density at radius 2 is 2.06 bits per heavy atom. The van der Waals surface area contributed by atoms with Crippen LogP contribution in [0.4, 0.5) is 0 Å². The van der Waals surface area contributed by atoms with Crippen molar-refractivity contribution in [3.05, 3.63) is 58.4 Å². The lowest BCUT2D eigenvalue weighted by atomic mass is 10.2. The number of oxazole rings is 1. The Kier molecular flexibility index (Phi) is 3.38. The van der Waals surface area contributed by atoms with Crippen molar-refractivity contribution in [2.75, 3.05) is 0 Å². The van der Waals surface area contributed by atoms with Gasteiger partial charge in [0.1, 0.15) is 12.0 Å². The standard InChI is InChI=1S/C11H12N2O4/c14-10(9-7-17-11(15)12-9)13(16)6-8-4-2-1-3-5-8/h1-5,7,10,14,16H,6H2,(H,12,15). The molecule has 1 aromatic carbocycles. The van der Waals surface area contributed by atoms with Gasteiger partial charge in [0.2, 0.25) is 0 Å². The van der Waals surface area contributed by atoms with Crippen molar-refractivity contribution in [2.45, 2.75) is 12.8 Å². The van der Waals surface area contributed by atoms with E-state index in [2.05, 4.69) is 9.40 Å². The molecule has 6 nitrogen and oxygen atoms in total. The Labute approximate surface area is 96.7 Å². The molecular formula is C11H12N2O4. The molecule has 6 heteroatoms. The first kappa shape index (κ1) is 11.6. The number of aliphatic hydroxyl groups excluding tert-OH is 1. The third-order valence-electron chi connectivity index (χ3n) is 2.29. The number of nitrogens with one attached hydrogen (secondary N) is 1. The second-order valence-electron chi connectivity index (χ2n) is 3.56. The minimum Gasteiger partial charge on any atom is -0.416 e. The molecule has 90 valence electrons. The van der Waals surface area contributed by atoms with Crippen molar-refractivity contribution in [2.24, 2.45) is 0 Å². The van der Waals surface area contributed by atoms with Crippen molar-refractivity contribution in [1.29, 1.82) is 0 Å². The van der Waals surface area contributed by atoms with E-state index in [1.165, 1.54) is 0 Å². The van der Waals surface area contributed by atoms with Gasteiger partial charge in [0.15, 0.2) is 6.23 Å². The Bertz CT molecular complexity index is 520. The lowest BCUT2D eigenvalue weighted by molar-refractivity contribution is -0.208. The highest BCUT2D eigenvalue weighted by molar-refractivity contribution is 5.14. The molecule has 0 saturated heterocycles. The number of hydrogen-bond donors (Lipinski definition) is 3. The summed E-state index contributed by atoms with van der Waals surface area (Å²) in [7, 11) is 0. The average molecular weight is 236 g/mol. The van der Waals surface area contributed by atoms with Crippen molar-refractivity contribution in [3.8, 4) is 0 Å². The molecule has 0 fully saturated rings. The molecule has 1 unspecified atom stereocenters. The molecule has 0 bridgehead atoms. The number of H-pyrrole nitrogens is 1. The fourth-order valence-electron chi connectivity index (χ4n) is 1.44. The minimum absolute atomic E-state index is 0.105. The van der Waals surface area contributed by atoms with Crippen LogP contribution < -0.4 is 5.76 Å². The number of rotatable bonds is 4. The van der Waals surface area contributed by atoms with E-state index in [1.807, 2.05) is 30.3 Å². The van der Waals surface area contributed by atoms with Crippen molar-refractivity contribution >= 4 is 0 Å². The summed E-state index contributed by atoms with van der Waals surface area (Å²) in [6, 6.07) is 9.14. The van der Waals surface area contributed by atoms with Crippen LogP contribution in [0.1, 0.15) is 17.5 Å². The normalized spacial score (nSPS) is 12.9. The number of benzene rings is 1. The predicted molar refractivity (Wildman–Crippen MR) is 58.1 cm³/mol. The van der Waals surface area contributed by atoms with Gasteiger partial charge in [-0.2, -0.15) is 5.06 Å². The molecule has 1 aromatic heterocycles. The summed E-state index contributed by atoms with van der Waals surface area (Å²) in [6.07, 6.45) is -0.261. The fraction of sp³-hybridized carbons (Fsp3) is 0.182. The van der Waals surface area contributed by atoms with Crippen LogP contribution in [0, 0.1) is 0 Å². The van der Waals surface area contributed by atoms with Crippen LogP contribution in [0.15, 0.2) is 45.8 Å². The monoisotopic (exact) mass is 236 g/mol. The first-order chi connectivity index (χ1) is 8.16. The highest BCUT2D eigenvalue weighted by Gasteiger charge is 2.18. The molecule has 0 radical (unpaired) electrons. The zero-order chi connectivity index (χ0) is 12.3. The maximum absolute atomic E-state index is 10.7. The molecule has 0 aliphatic rings. The van der Waals surface area contributed by atoms with E-state index in [1.54, 1.807) is 0 Å². The summed E-state index contributed by atoms with van der Waals surface area (Å²) in [4.78, 5) is 13.0. The van der Waals surface area contributed by atoms with Gasteiger partial charge in [-0.3, -0.25) is 4.98 Å². The van der Waals surface area contributed by atoms with Crippen LogP contribution >= 0.6 is 0 Å². The first-order valence-electron chi connectivity index (χ1n) is 5.02. The summed E-state index contributed by atoms with van der Waals surface area (Å²) in [6.45, 7) is 0.134. The second kappa shape index (κ2) is 4.96. The van der Waals surface area contributed by atoms with Gasteiger partial charge in [-0.1, -0.05) is 30.3 Å². The zero-order valence-corrected chi connectivity index (χ0v) is 8.91. The molecule has 1 atom stereocenters. The molecule has 0 amide bonds. The highest BCUT2D eigenvalue weighted by atomic mass is 16.5. The number of aliphatic hydroxyl groups is 1. The summed E-state index contributed by atoms with van der Waals surface area (Å²) in [5, 5.41) is 20.1. The van der Waals surface area contributed by atoms with Crippen molar-refractivity contribution in [1.82, 2.24) is 10.0 Å². The van der Waals surface area contributed by atoms with Gasteiger partial charge in [0.05, 0.1) is 6.54 Å². The van der Waals surface area contributed by atoms with Crippen LogP contribution in [0.3, 0.4) is 0 Å². The quantitative estimate of drug-likeness (QED) is 0.541. The molecule has 1 heterocycles. The van der Waals surface area contributed by atoms with Crippen molar-refractivity contribution in [3.63, 3.8) is 0 Å². The molecule has 17 heavy (non-hydrogen) atoms. The average Bonchev–Trinajstić information content (AvgIpc) is 2.76. The van der Waals surface area contributed by atoms with Crippen LogP contribution in [0.5, 0.6) is 0 Å². The Balaban J connectivity index is 2.05. The third kappa shape index (κ3) is 2.82. The smallest absolute Gasteiger partial charge is 0.416 e. The molecule has 0 spiro atoms. The molecule has 0 aliphatic carbocycles. The minimum atomic E-state index is -1.33. The van der Waals surface area contributed by atoms with Gasteiger partial charge in [-0.05, 0) is 5.56 Å². The highest BCUT2D eigenvalue weighted by Crippen LogP contribution is 2.15. The van der Waals surface area contributed by atoms with E-state index in [4.69, 9.17) is 0 Å². The Morgan fingerprint density at radius 1 is 1.35 bits per heavy atom. The number of aromatic nitrogens is 1. The first-order valence-corrected chi connectivity index (χ1v) is 5.02. The van der Waals surface area contributed by atoms with E-state index < -0.39 is 12.0 Å². The van der Waals surface area contributed by atoms with Crippen LogP contribution in [0.2, 0.25) is 0 Å². The van der Waals surface area contributed by atoms with Crippen molar-refractivity contribution < 1.29 is 14.7 Å². The third-order valence-corrected chi connectivity index (χ3v) is 2.29. The van der Waals surface area contributed by atoms with E-state index in [0.29, 0.717) is 5.06 Å². The summed E-state index contributed by atoms with van der Waals surface area (Å²) < 4.78 is 4.48. The van der Waals surface area contributed by atoms with E-state index in [9.17, 15) is 15.1 Å². The van der Waals surface area contributed by atoms with Crippen LogP contribution in [-0.4, -0.2) is 20.4 Å². The van der Waals surface area contributed by atoms with E-state index >= 15 is 0 Å². The van der Waals surface area contributed by atoms with Gasteiger partial charge >= 0.3 is 5.76 Å². The number of hydroxylamine groups is 2. The second-order valence-corrected chi connectivity index (χ2v) is 3.56. The molecule has 0 aliphatic heterocycles. The SMILES string of the molecule is O=c1[nH]c(C(O)N(O)Cc2ccccc2)co1. The lowest BCUT2D eigenvalue weighted by Gasteiger charge is -2.19. The predicted octanol–water partition coefficient (Wildman–Crippen LogP) is 0.850. The number of hydrogen-bond acceptors (Lipinski definition) is 5. The van der Waals surface area contributed by atoms with E-state index in [0.717, 1.165) is 11.8 Å². The largest absolute Gasteiger partial charge is 0.416 e. The Morgan fingerprint density at radius 3 is 2.65 bits per heavy atom. The summed E-state index contributed by atoms with van der Waals surface area (Å²) in [5.74, 6) is -0.674. The number of aromatic amines is 1. The van der Waals surface area contributed by atoms with Crippen LogP contribution in [0.25, 0.3) is 0 Å². The summed E-state index contributed by atoms with van der Waals surface area (Å²) >= 11 is 0. The van der Waals surface area contributed by atoms with Gasteiger partial charge in [-0.25, -0.2) is 4.79 Å². The fourth-order valence-corrected chi connectivity index (χ4v) is 1.44. The zero-order valence-electron chi connectivity index (χ0n) is 8.91. The van der Waals surface area contributed by atoms with Gasteiger partial charge in [-0.15, -0.1) is 0 Å². The maximum atomic E-state index is 10.7. The molecule has 0 saturated carbocycles. The Hall–Kier alpha value is -1.89. The van der Waals surface area contributed by atoms with Gasteiger partial charge in [0.25, 0.3) is 0 Å². The molecule has 2 aromatic rings. The molecular weight excluding hydrogens is 224 g/mol. The molecule has 2 rings (SSSR count). The maximum Gasteiger partial charge on any atom is 0.416 e. The topological polar surface area (TPSA) is 89.7 Å². The molecule has 3 N–H and O–H groups in total. The summed E-state index contributed by atoms with van der Waals surface area (Å²) in [5.41, 5.74) is 0.938. The van der Waals surface area contributed by atoms with Crippen LogP contribution in [-0.2, 0) is 6.54 Å². The van der Waals surface area contributed by atoms with Gasteiger partial charge in [0, 0.05) is 0 Å². The van der Waals surface area contributed by atoms with Gasteiger partial charge < -0.3 is 14.7 Å². The van der Waals surface area contributed by atoms with E-state index in [-0.39, 0.29) is 12.2 Å². The number of nitrogens with zero attached hydrogens (tertiary/aromatic N) is 1.